The summed E-state index contributed by atoms with van der Waals surface area (Å²) in [6.07, 6.45) is 0. The number of hydrogen-bond donors (Lipinski definition) is 0. The van der Waals surface area contributed by atoms with Crippen LogP contribution in [0.3, 0.4) is 0 Å². The normalized spacial score (nSPS) is 11.2. The number of carboxylic acid groups (broad SMARTS) is 1. The van der Waals surface area contributed by atoms with E-state index < -0.39 is 24.5 Å². The predicted molar refractivity (Wildman–Crippen MR) is 82.9 cm³/mol. The number of ether oxygens (including phenoxy) is 2. The van der Waals surface area contributed by atoms with Crippen molar-refractivity contribution >= 4 is 57.1 Å². The largest absolute Gasteiger partial charge is 0.544 e. The zero-order valence-electron chi connectivity index (χ0n) is 10.4. The molecular weight excluding hydrogens is 516 g/mol. The number of carboxylic acids is 1. The van der Waals surface area contributed by atoms with Crippen molar-refractivity contribution < 1.29 is 33.0 Å². The summed E-state index contributed by atoms with van der Waals surface area (Å²) >= 11 is 4.08. The third-order valence-electron chi connectivity index (χ3n) is 2.19. The van der Waals surface area contributed by atoms with Crippen LogP contribution in [0.4, 0.5) is 8.78 Å². The Morgan fingerprint density at radius 2 is 1.90 bits per heavy atom. The number of esters is 1. The summed E-state index contributed by atoms with van der Waals surface area (Å²) in [5.41, 5.74) is 0.357. The highest BCUT2D eigenvalue weighted by Gasteiger charge is 2.31. The van der Waals surface area contributed by atoms with Crippen molar-refractivity contribution in [2.75, 3.05) is 19.8 Å². The SMILES string of the molecule is O=C(OCCOCC(F)(F)C(=O)[O-])c1ccc(I)cc1I. The molecule has 0 saturated heterocycles. The van der Waals surface area contributed by atoms with Crippen molar-refractivity contribution in [3.8, 4) is 0 Å². The molecule has 0 aromatic heterocycles. The smallest absolute Gasteiger partial charge is 0.339 e. The van der Waals surface area contributed by atoms with Crippen LogP contribution in [0.5, 0.6) is 0 Å². The van der Waals surface area contributed by atoms with Gasteiger partial charge in [-0.15, -0.1) is 0 Å². The summed E-state index contributed by atoms with van der Waals surface area (Å²) in [6.45, 7) is -1.92. The number of alkyl halides is 2. The van der Waals surface area contributed by atoms with Crippen LogP contribution >= 0.6 is 45.2 Å². The quantitative estimate of drug-likeness (QED) is 0.307. The molecule has 116 valence electrons. The van der Waals surface area contributed by atoms with Gasteiger partial charge in [0.15, 0.2) is 0 Å². The third-order valence-corrected chi connectivity index (χ3v) is 3.76. The second kappa shape index (κ2) is 8.17. The van der Waals surface area contributed by atoms with Gasteiger partial charge in [0.2, 0.25) is 0 Å². The van der Waals surface area contributed by atoms with E-state index in [1.54, 1.807) is 18.2 Å². The van der Waals surface area contributed by atoms with E-state index in [1.807, 2.05) is 22.6 Å². The Bertz CT molecular complexity index is 536. The fraction of sp³-hybridized carbons (Fsp3) is 0.333. The van der Waals surface area contributed by atoms with E-state index in [9.17, 15) is 23.5 Å². The van der Waals surface area contributed by atoms with Gasteiger partial charge in [-0.05, 0) is 63.4 Å². The molecule has 0 amide bonds. The summed E-state index contributed by atoms with van der Waals surface area (Å²) < 4.78 is 36.1. The van der Waals surface area contributed by atoms with Gasteiger partial charge in [0.1, 0.15) is 19.2 Å². The predicted octanol–water partition coefficient (Wildman–Crippen LogP) is 1.45. The van der Waals surface area contributed by atoms with Gasteiger partial charge in [0, 0.05) is 7.14 Å². The number of rotatable bonds is 7. The second-order valence-corrected chi connectivity index (χ2v) is 6.21. The highest BCUT2D eigenvalue weighted by molar-refractivity contribution is 14.1. The van der Waals surface area contributed by atoms with E-state index in [0.717, 1.165) is 3.57 Å². The minimum absolute atomic E-state index is 0.260. The Labute approximate surface area is 146 Å². The molecule has 1 aromatic rings. The first-order valence-corrected chi connectivity index (χ1v) is 7.69. The minimum Gasteiger partial charge on any atom is -0.544 e. The number of carbonyl (C=O) groups is 2. The van der Waals surface area contributed by atoms with Gasteiger partial charge in [-0.3, -0.25) is 0 Å². The fourth-order valence-electron chi connectivity index (χ4n) is 1.19. The van der Waals surface area contributed by atoms with Gasteiger partial charge in [-0.25, -0.2) is 4.79 Å². The lowest BCUT2D eigenvalue weighted by Gasteiger charge is -2.16. The molecule has 0 aliphatic rings. The van der Waals surface area contributed by atoms with E-state index in [1.165, 1.54) is 0 Å². The lowest BCUT2D eigenvalue weighted by Crippen LogP contribution is -2.44. The topological polar surface area (TPSA) is 75.7 Å². The Hall–Kier alpha value is -0.560. The average Bonchev–Trinajstić information content (AvgIpc) is 2.37. The summed E-state index contributed by atoms with van der Waals surface area (Å²) in [4.78, 5) is 21.7. The summed E-state index contributed by atoms with van der Waals surface area (Å²) in [7, 11) is 0. The summed E-state index contributed by atoms with van der Waals surface area (Å²) in [5.74, 6) is -7.17. The van der Waals surface area contributed by atoms with E-state index >= 15 is 0 Å². The molecule has 21 heavy (non-hydrogen) atoms. The monoisotopic (exact) mass is 525 g/mol. The number of benzene rings is 1. The second-order valence-electron chi connectivity index (χ2n) is 3.80. The van der Waals surface area contributed by atoms with Crippen molar-refractivity contribution in [3.63, 3.8) is 0 Å². The maximum atomic E-state index is 12.6. The molecule has 1 aromatic carbocycles. The minimum atomic E-state index is -4.06. The molecule has 0 N–H and O–H groups in total. The van der Waals surface area contributed by atoms with Gasteiger partial charge >= 0.3 is 11.9 Å². The number of carbonyl (C=O) groups excluding carboxylic acids is 2. The zero-order valence-corrected chi connectivity index (χ0v) is 14.7. The van der Waals surface area contributed by atoms with Crippen LogP contribution in [0.1, 0.15) is 10.4 Å². The van der Waals surface area contributed by atoms with Crippen LogP contribution in [-0.2, 0) is 14.3 Å². The molecule has 0 atom stereocenters. The first-order valence-electron chi connectivity index (χ1n) is 5.53. The molecule has 0 fully saturated rings. The average molecular weight is 525 g/mol. The number of hydrogen-bond acceptors (Lipinski definition) is 5. The van der Waals surface area contributed by atoms with Crippen molar-refractivity contribution in [2.24, 2.45) is 0 Å². The molecule has 0 aliphatic heterocycles. The maximum absolute atomic E-state index is 12.6. The van der Waals surface area contributed by atoms with Gasteiger partial charge < -0.3 is 19.4 Å². The first kappa shape index (κ1) is 18.5. The molecule has 0 saturated carbocycles. The van der Waals surface area contributed by atoms with Gasteiger partial charge in [0.05, 0.1) is 12.2 Å². The molecule has 9 heteroatoms. The number of halogens is 4. The van der Waals surface area contributed by atoms with Gasteiger partial charge in [-0.2, -0.15) is 8.78 Å². The van der Waals surface area contributed by atoms with E-state index in [-0.39, 0.29) is 13.2 Å². The van der Waals surface area contributed by atoms with Crippen molar-refractivity contribution in [1.29, 1.82) is 0 Å². The van der Waals surface area contributed by atoms with Crippen LogP contribution in [0.2, 0.25) is 0 Å². The van der Waals surface area contributed by atoms with Crippen LogP contribution in [-0.4, -0.2) is 37.7 Å². The first-order chi connectivity index (χ1) is 9.74. The Balaban J connectivity index is 2.36. The molecule has 1 rings (SSSR count). The molecule has 0 radical (unpaired) electrons. The highest BCUT2D eigenvalue weighted by atomic mass is 127. The molecule has 0 bridgehead atoms. The summed E-state index contributed by atoms with van der Waals surface area (Å²) in [6, 6.07) is 5.11. The van der Waals surface area contributed by atoms with Crippen molar-refractivity contribution in [3.05, 3.63) is 30.9 Å². The lowest BCUT2D eigenvalue weighted by molar-refractivity contribution is -0.332. The van der Waals surface area contributed by atoms with E-state index in [4.69, 9.17) is 4.74 Å². The van der Waals surface area contributed by atoms with Crippen molar-refractivity contribution in [2.45, 2.75) is 5.92 Å². The third kappa shape index (κ3) is 5.98. The molecule has 0 spiro atoms. The van der Waals surface area contributed by atoms with Gasteiger partial charge in [0.25, 0.3) is 0 Å². The lowest BCUT2D eigenvalue weighted by atomic mass is 10.2. The summed E-state index contributed by atoms with van der Waals surface area (Å²) in [5, 5.41) is 10.0. The van der Waals surface area contributed by atoms with E-state index in [2.05, 4.69) is 27.3 Å². The standard InChI is InChI=1S/C12H10F2I2O5/c13-12(14,11(18)19)6-20-3-4-21-10(17)8-2-1-7(15)5-9(8)16/h1-2,5H,3-4,6H2,(H,18,19)/p-1. The Kier molecular flexibility index (Phi) is 7.20. The molecule has 0 unspecified atom stereocenters. The highest BCUT2D eigenvalue weighted by Crippen LogP contribution is 2.17. The zero-order chi connectivity index (χ0) is 16.0. The van der Waals surface area contributed by atoms with Crippen LogP contribution in [0.25, 0.3) is 0 Å². The van der Waals surface area contributed by atoms with Crippen LogP contribution in [0.15, 0.2) is 18.2 Å². The molecule has 0 heterocycles. The van der Waals surface area contributed by atoms with Gasteiger partial charge in [-0.1, -0.05) is 0 Å². The van der Waals surface area contributed by atoms with E-state index in [0.29, 0.717) is 9.13 Å². The van der Waals surface area contributed by atoms with Crippen molar-refractivity contribution in [1.82, 2.24) is 0 Å². The molecule has 5 nitrogen and oxygen atoms in total. The Morgan fingerprint density at radius 1 is 1.24 bits per heavy atom. The molecule has 0 aliphatic carbocycles. The van der Waals surface area contributed by atoms with Crippen LogP contribution < -0.4 is 5.11 Å². The fourth-order valence-corrected chi connectivity index (χ4v) is 3.01. The maximum Gasteiger partial charge on any atom is 0.339 e. The molecular formula is C12H9F2I2O5-. The van der Waals surface area contributed by atoms with Crippen LogP contribution in [0, 0.1) is 7.14 Å². The Morgan fingerprint density at radius 3 is 2.48 bits per heavy atom. The number of aliphatic carboxylic acids is 1.